The molecule has 0 spiro atoms. The van der Waals surface area contributed by atoms with Crippen LogP contribution in [0.4, 0.5) is 10.3 Å². The first-order valence-corrected chi connectivity index (χ1v) is 7.49. The minimum Gasteiger partial charge on any atom is -0.247 e. The number of benzene rings is 1. The van der Waals surface area contributed by atoms with E-state index in [0.717, 1.165) is 12.1 Å². The van der Waals surface area contributed by atoms with Gasteiger partial charge in [0.25, 0.3) is 10.0 Å². The fourth-order valence-corrected chi connectivity index (χ4v) is 2.73. The van der Waals surface area contributed by atoms with Crippen molar-refractivity contribution < 1.29 is 12.8 Å². The van der Waals surface area contributed by atoms with E-state index in [1.807, 2.05) is 0 Å². The number of hydrogen-bond donors (Lipinski definition) is 1. The van der Waals surface area contributed by atoms with Gasteiger partial charge in [-0.05, 0) is 34.1 Å². The zero-order valence-electron chi connectivity index (χ0n) is 9.14. The first-order valence-electron chi connectivity index (χ1n) is 4.84. The Balaban J connectivity index is 2.37. The summed E-state index contributed by atoms with van der Waals surface area (Å²) in [6, 6.07) is 3.24. The zero-order chi connectivity index (χ0) is 14.0. The minimum absolute atomic E-state index is 0.110. The van der Waals surface area contributed by atoms with Gasteiger partial charge in [-0.2, -0.15) is 0 Å². The van der Waals surface area contributed by atoms with Gasteiger partial charge < -0.3 is 0 Å². The van der Waals surface area contributed by atoms with Crippen LogP contribution in [-0.4, -0.2) is 18.4 Å². The molecule has 0 saturated heterocycles. The maximum absolute atomic E-state index is 13.5. The van der Waals surface area contributed by atoms with E-state index in [0.29, 0.717) is 4.47 Å². The summed E-state index contributed by atoms with van der Waals surface area (Å²) in [5.74, 6) is -1.07. The molecule has 0 aliphatic rings. The molecule has 2 aromatic rings. The molecule has 1 aromatic carbocycles. The molecule has 1 heterocycles. The van der Waals surface area contributed by atoms with Gasteiger partial charge in [0.2, 0.25) is 5.95 Å². The van der Waals surface area contributed by atoms with E-state index in [1.165, 1.54) is 18.5 Å². The summed E-state index contributed by atoms with van der Waals surface area (Å²) in [4.78, 5) is 6.91. The molecule has 0 fully saturated rings. The third-order valence-corrected chi connectivity index (χ3v) is 4.02. The zero-order valence-corrected chi connectivity index (χ0v) is 12.3. The molecule has 0 atom stereocenters. The second-order valence-electron chi connectivity index (χ2n) is 3.41. The van der Waals surface area contributed by atoms with Crippen molar-refractivity contribution in [3.63, 3.8) is 0 Å². The lowest BCUT2D eigenvalue weighted by Gasteiger charge is -2.07. The highest BCUT2D eigenvalue weighted by Crippen LogP contribution is 2.21. The average molecular weight is 367 g/mol. The van der Waals surface area contributed by atoms with Crippen molar-refractivity contribution in [3.05, 3.63) is 45.9 Å². The van der Waals surface area contributed by atoms with Gasteiger partial charge in [-0.15, -0.1) is 0 Å². The predicted octanol–water partition coefficient (Wildman–Crippen LogP) is 2.83. The first-order chi connectivity index (χ1) is 8.88. The number of halogens is 3. The van der Waals surface area contributed by atoms with Gasteiger partial charge >= 0.3 is 0 Å². The summed E-state index contributed by atoms with van der Waals surface area (Å²) in [5.41, 5.74) is 0. The lowest BCUT2D eigenvalue weighted by atomic mass is 10.3. The quantitative estimate of drug-likeness (QED) is 0.906. The van der Waals surface area contributed by atoms with Gasteiger partial charge in [0.15, 0.2) is 0 Å². The Morgan fingerprint density at radius 3 is 2.53 bits per heavy atom. The van der Waals surface area contributed by atoms with Crippen LogP contribution in [0.5, 0.6) is 0 Å². The van der Waals surface area contributed by atoms with Gasteiger partial charge in [-0.3, -0.25) is 0 Å². The fourth-order valence-electron chi connectivity index (χ4n) is 1.22. The van der Waals surface area contributed by atoms with E-state index in [9.17, 15) is 12.8 Å². The standard InChI is InChI=1S/C10H6BrClFN3O2S/c11-6-4-14-10(15-5-6)16-19(17,18)9-3-7(12)1-2-8(9)13/h1-5H,(H,14,15,16). The Hall–Kier alpha value is -1.25. The molecule has 0 bridgehead atoms. The van der Waals surface area contributed by atoms with Crippen LogP contribution in [0.1, 0.15) is 0 Å². The molecule has 9 heteroatoms. The summed E-state index contributed by atoms with van der Waals surface area (Å²) >= 11 is 8.76. The number of hydrogen-bond acceptors (Lipinski definition) is 4. The highest BCUT2D eigenvalue weighted by molar-refractivity contribution is 9.10. The van der Waals surface area contributed by atoms with E-state index >= 15 is 0 Å². The van der Waals surface area contributed by atoms with Gasteiger partial charge in [0, 0.05) is 17.4 Å². The number of anilines is 1. The normalized spacial score (nSPS) is 11.3. The monoisotopic (exact) mass is 365 g/mol. The maximum Gasteiger partial charge on any atom is 0.267 e. The molecular weight excluding hydrogens is 361 g/mol. The average Bonchev–Trinajstić information content (AvgIpc) is 2.35. The second kappa shape index (κ2) is 5.40. The molecule has 0 unspecified atom stereocenters. The Labute approximate surface area is 122 Å². The summed E-state index contributed by atoms with van der Waals surface area (Å²) in [6.07, 6.45) is 2.72. The summed E-state index contributed by atoms with van der Waals surface area (Å²) in [5, 5.41) is 0.110. The Kier molecular flexibility index (Phi) is 4.02. The van der Waals surface area contributed by atoms with E-state index < -0.39 is 20.7 Å². The van der Waals surface area contributed by atoms with Crippen molar-refractivity contribution in [2.45, 2.75) is 4.90 Å². The molecule has 0 aliphatic carbocycles. The molecule has 5 nitrogen and oxygen atoms in total. The lowest BCUT2D eigenvalue weighted by Crippen LogP contribution is -2.16. The van der Waals surface area contributed by atoms with Crippen LogP contribution in [0, 0.1) is 5.82 Å². The van der Waals surface area contributed by atoms with Gasteiger partial charge in [-0.1, -0.05) is 11.6 Å². The number of nitrogens with one attached hydrogen (secondary N) is 1. The molecule has 1 N–H and O–H groups in total. The molecule has 2 rings (SSSR count). The molecule has 19 heavy (non-hydrogen) atoms. The molecular formula is C10H6BrClFN3O2S. The molecule has 0 radical (unpaired) electrons. The summed E-state index contributed by atoms with van der Waals surface area (Å²) in [6.45, 7) is 0. The van der Waals surface area contributed by atoms with E-state index in [1.54, 1.807) is 0 Å². The van der Waals surface area contributed by atoms with Crippen LogP contribution in [0.3, 0.4) is 0 Å². The number of rotatable bonds is 3. The second-order valence-corrected chi connectivity index (χ2v) is 6.41. The lowest BCUT2D eigenvalue weighted by molar-refractivity contribution is 0.570. The smallest absolute Gasteiger partial charge is 0.247 e. The molecule has 1 aromatic heterocycles. The topological polar surface area (TPSA) is 72.0 Å². The van der Waals surface area contributed by atoms with Gasteiger partial charge in [0.1, 0.15) is 10.7 Å². The largest absolute Gasteiger partial charge is 0.267 e. The highest BCUT2D eigenvalue weighted by atomic mass is 79.9. The van der Waals surface area contributed by atoms with Crippen LogP contribution in [0.2, 0.25) is 5.02 Å². The van der Waals surface area contributed by atoms with Crippen molar-refractivity contribution in [2.24, 2.45) is 0 Å². The van der Waals surface area contributed by atoms with Crippen LogP contribution >= 0.6 is 27.5 Å². The number of sulfonamides is 1. The highest BCUT2D eigenvalue weighted by Gasteiger charge is 2.20. The van der Waals surface area contributed by atoms with Crippen LogP contribution < -0.4 is 4.72 Å². The van der Waals surface area contributed by atoms with Crippen molar-refractivity contribution in [3.8, 4) is 0 Å². The molecule has 0 saturated carbocycles. The van der Waals surface area contributed by atoms with Gasteiger partial charge in [-0.25, -0.2) is 27.5 Å². The van der Waals surface area contributed by atoms with Crippen LogP contribution in [0.15, 0.2) is 40.0 Å². The Bertz CT molecular complexity index is 709. The van der Waals surface area contributed by atoms with E-state index in [4.69, 9.17) is 11.6 Å². The molecule has 0 amide bonds. The Morgan fingerprint density at radius 1 is 1.26 bits per heavy atom. The predicted molar refractivity (Wildman–Crippen MR) is 72.0 cm³/mol. The van der Waals surface area contributed by atoms with E-state index in [-0.39, 0.29) is 11.0 Å². The third-order valence-electron chi connectivity index (χ3n) is 2.03. The van der Waals surface area contributed by atoms with Crippen molar-refractivity contribution >= 4 is 43.5 Å². The summed E-state index contributed by atoms with van der Waals surface area (Å²) < 4.78 is 40.1. The summed E-state index contributed by atoms with van der Waals surface area (Å²) in [7, 11) is -4.13. The fraction of sp³-hybridized carbons (Fsp3) is 0. The Morgan fingerprint density at radius 2 is 1.89 bits per heavy atom. The molecule has 100 valence electrons. The van der Waals surface area contributed by atoms with Crippen molar-refractivity contribution in [1.82, 2.24) is 9.97 Å². The number of aromatic nitrogens is 2. The molecule has 0 aliphatic heterocycles. The van der Waals surface area contributed by atoms with Crippen LogP contribution in [-0.2, 0) is 10.0 Å². The minimum atomic E-state index is -4.13. The SMILES string of the molecule is O=S(=O)(Nc1ncc(Br)cn1)c1cc(Cl)ccc1F. The third kappa shape index (κ3) is 3.40. The van der Waals surface area contributed by atoms with Crippen LogP contribution in [0.25, 0.3) is 0 Å². The number of nitrogens with zero attached hydrogens (tertiary/aromatic N) is 2. The van der Waals surface area contributed by atoms with E-state index in [2.05, 4.69) is 30.6 Å². The van der Waals surface area contributed by atoms with Crippen molar-refractivity contribution in [2.75, 3.05) is 4.72 Å². The van der Waals surface area contributed by atoms with Gasteiger partial charge in [0.05, 0.1) is 4.47 Å². The first kappa shape index (κ1) is 14.2. The van der Waals surface area contributed by atoms with Crippen molar-refractivity contribution in [1.29, 1.82) is 0 Å². The maximum atomic E-state index is 13.5.